The molecule has 2 rings (SSSR count). The molecule has 1 aromatic heterocycles. The van der Waals surface area contributed by atoms with Gasteiger partial charge in [-0.2, -0.15) is 0 Å². The zero-order valence-corrected chi connectivity index (χ0v) is 9.73. The average molecular weight is 210 g/mol. The normalized spacial score (nSPS) is 23.1. The number of nitrogens with zero attached hydrogens (tertiary/aromatic N) is 1. The number of thiophene rings is 1. The molecule has 14 heavy (non-hydrogen) atoms. The van der Waals surface area contributed by atoms with Crippen LogP contribution in [0.1, 0.15) is 16.9 Å². The van der Waals surface area contributed by atoms with Crippen molar-refractivity contribution >= 4 is 11.3 Å². The quantitative estimate of drug-likeness (QED) is 0.819. The number of aryl methyl sites for hydroxylation is 1. The summed E-state index contributed by atoms with van der Waals surface area (Å²) in [7, 11) is 2.06. The van der Waals surface area contributed by atoms with Crippen molar-refractivity contribution in [2.45, 2.75) is 25.9 Å². The highest BCUT2D eigenvalue weighted by Crippen LogP contribution is 2.18. The predicted octanol–water partition coefficient (Wildman–Crippen LogP) is 1.85. The molecule has 0 bridgehead atoms. The molecule has 1 aliphatic rings. The van der Waals surface area contributed by atoms with Crippen molar-refractivity contribution in [3.63, 3.8) is 0 Å². The Hall–Kier alpha value is -0.380. The summed E-state index contributed by atoms with van der Waals surface area (Å²) >= 11 is 1.88. The van der Waals surface area contributed by atoms with E-state index in [-0.39, 0.29) is 0 Å². The molecule has 1 saturated heterocycles. The van der Waals surface area contributed by atoms with Crippen molar-refractivity contribution < 1.29 is 0 Å². The van der Waals surface area contributed by atoms with Crippen LogP contribution in [0.4, 0.5) is 0 Å². The SMILES string of the molecule is CNC1CCN(Cc2cc(C)cs2)C1. The molecule has 1 aromatic rings. The minimum atomic E-state index is 0.705. The molecule has 0 saturated carbocycles. The second kappa shape index (κ2) is 4.43. The Kier molecular flexibility index (Phi) is 3.21. The summed E-state index contributed by atoms with van der Waals surface area (Å²) in [6.45, 7) is 5.74. The van der Waals surface area contributed by atoms with E-state index in [0.717, 1.165) is 6.54 Å². The van der Waals surface area contributed by atoms with Gasteiger partial charge in [0.15, 0.2) is 0 Å². The molecule has 0 aromatic carbocycles. The van der Waals surface area contributed by atoms with Gasteiger partial charge in [0.2, 0.25) is 0 Å². The van der Waals surface area contributed by atoms with Gasteiger partial charge in [0.25, 0.3) is 0 Å². The lowest BCUT2D eigenvalue weighted by atomic mass is 10.3. The highest BCUT2D eigenvalue weighted by atomic mass is 32.1. The van der Waals surface area contributed by atoms with E-state index >= 15 is 0 Å². The van der Waals surface area contributed by atoms with E-state index in [1.54, 1.807) is 0 Å². The van der Waals surface area contributed by atoms with Crippen molar-refractivity contribution in [2.75, 3.05) is 20.1 Å². The van der Waals surface area contributed by atoms with Crippen LogP contribution in [0.15, 0.2) is 11.4 Å². The van der Waals surface area contributed by atoms with Crippen LogP contribution in [0, 0.1) is 6.92 Å². The molecule has 1 fully saturated rings. The number of nitrogens with one attached hydrogen (secondary N) is 1. The van der Waals surface area contributed by atoms with Crippen LogP contribution < -0.4 is 5.32 Å². The summed E-state index contributed by atoms with van der Waals surface area (Å²) in [5.41, 5.74) is 1.40. The maximum atomic E-state index is 3.35. The fourth-order valence-corrected chi connectivity index (χ4v) is 2.92. The van der Waals surface area contributed by atoms with E-state index in [4.69, 9.17) is 0 Å². The molecular formula is C11H18N2S. The monoisotopic (exact) mass is 210 g/mol. The standard InChI is InChI=1S/C11H18N2S/c1-9-5-11(14-8-9)7-13-4-3-10(6-13)12-2/h5,8,10,12H,3-4,6-7H2,1-2H3. The number of likely N-dealkylation sites (tertiary alicyclic amines) is 1. The molecule has 1 aliphatic heterocycles. The number of rotatable bonds is 3. The van der Waals surface area contributed by atoms with E-state index in [9.17, 15) is 0 Å². The maximum absolute atomic E-state index is 3.35. The molecule has 3 heteroatoms. The van der Waals surface area contributed by atoms with Crippen LogP contribution >= 0.6 is 11.3 Å². The first kappa shape index (κ1) is 10.1. The predicted molar refractivity (Wildman–Crippen MR) is 61.8 cm³/mol. The van der Waals surface area contributed by atoms with Crippen LogP contribution in [-0.2, 0) is 6.54 Å². The molecule has 78 valence electrons. The topological polar surface area (TPSA) is 15.3 Å². The van der Waals surface area contributed by atoms with Gasteiger partial charge in [-0.05, 0) is 37.4 Å². The van der Waals surface area contributed by atoms with Gasteiger partial charge in [-0.3, -0.25) is 4.90 Å². The molecule has 1 unspecified atom stereocenters. The Morgan fingerprint density at radius 2 is 2.50 bits per heavy atom. The molecule has 0 radical (unpaired) electrons. The second-order valence-corrected chi connectivity index (χ2v) is 5.10. The summed E-state index contributed by atoms with van der Waals surface area (Å²) in [4.78, 5) is 4.03. The lowest BCUT2D eigenvalue weighted by Crippen LogP contribution is -2.29. The second-order valence-electron chi connectivity index (χ2n) is 4.10. The minimum Gasteiger partial charge on any atom is -0.316 e. The number of hydrogen-bond donors (Lipinski definition) is 1. The summed E-state index contributed by atoms with van der Waals surface area (Å²) < 4.78 is 0. The Labute approximate surface area is 89.9 Å². The molecule has 1 atom stereocenters. The summed E-state index contributed by atoms with van der Waals surface area (Å²) in [6.07, 6.45) is 1.29. The molecule has 0 spiro atoms. The van der Waals surface area contributed by atoms with Gasteiger partial charge in [0, 0.05) is 30.6 Å². The fourth-order valence-electron chi connectivity index (χ4n) is 2.01. The molecule has 0 amide bonds. The minimum absolute atomic E-state index is 0.705. The summed E-state index contributed by atoms with van der Waals surface area (Å²) in [6, 6.07) is 3.01. The van der Waals surface area contributed by atoms with Crippen LogP contribution in [-0.4, -0.2) is 31.1 Å². The molecular weight excluding hydrogens is 192 g/mol. The smallest absolute Gasteiger partial charge is 0.0328 e. The summed E-state index contributed by atoms with van der Waals surface area (Å²) in [5, 5.41) is 5.58. The van der Waals surface area contributed by atoms with Crippen LogP contribution in [0.3, 0.4) is 0 Å². The molecule has 0 aliphatic carbocycles. The zero-order chi connectivity index (χ0) is 9.97. The highest BCUT2D eigenvalue weighted by Gasteiger charge is 2.20. The molecule has 2 nitrogen and oxygen atoms in total. The van der Waals surface area contributed by atoms with E-state index in [2.05, 4.69) is 35.6 Å². The van der Waals surface area contributed by atoms with Gasteiger partial charge in [0.05, 0.1) is 0 Å². The van der Waals surface area contributed by atoms with Crippen molar-refractivity contribution in [1.29, 1.82) is 0 Å². The summed E-state index contributed by atoms with van der Waals surface area (Å²) in [5.74, 6) is 0. The van der Waals surface area contributed by atoms with E-state index in [1.165, 1.54) is 30.0 Å². The average Bonchev–Trinajstić information content (AvgIpc) is 2.76. The van der Waals surface area contributed by atoms with Gasteiger partial charge in [-0.1, -0.05) is 0 Å². The third kappa shape index (κ3) is 2.35. The Balaban J connectivity index is 1.87. The van der Waals surface area contributed by atoms with E-state index in [0.29, 0.717) is 6.04 Å². The zero-order valence-electron chi connectivity index (χ0n) is 8.92. The third-order valence-corrected chi connectivity index (χ3v) is 3.88. The highest BCUT2D eigenvalue weighted by molar-refractivity contribution is 7.10. The van der Waals surface area contributed by atoms with Gasteiger partial charge in [0.1, 0.15) is 0 Å². The fraction of sp³-hybridized carbons (Fsp3) is 0.636. The first-order valence-corrected chi connectivity index (χ1v) is 6.09. The van der Waals surface area contributed by atoms with E-state index < -0.39 is 0 Å². The Morgan fingerprint density at radius 3 is 3.07 bits per heavy atom. The van der Waals surface area contributed by atoms with Crippen molar-refractivity contribution in [3.8, 4) is 0 Å². The Morgan fingerprint density at radius 1 is 1.64 bits per heavy atom. The number of likely N-dealkylation sites (N-methyl/N-ethyl adjacent to an activating group) is 1. The van der Waals surface area contributed by atoms with Crippen LogP contribution in [0.25, 0.3) is 0 Å². The largest absolute Gasteiger partial charge is 0.316 e. The van der Waals surface area contributed by atoms with Crippen molar-refractivity contribution in [3.05, 3.63) is 21.9 Å². The van der Waals surface area contributed by atoms with Crippen LogP contribution in [0.2, 0.25) is 0 Å². The van der Waals surface area contributed by atoms with Gasteiger partial charge in [-0.25, -0.2) is 0 Å². The van der Waals surface area contributed by atoms with Gasteiger partial charge < -0.3 is 5.32 Å². The van der Waals surface area contributed by atoms with Crippen molar-refractivity contribution in [1.82, 2.24) is 10.2 Å². The van der Waals surface area contributed by atoms with Crippen LogP contribution in [0.5, 0.6) is 0 Å². The first-order valence-electron chi connectivity index (χ1n) is 5.21. The Bertz CT molecular complexity index is 295. The van der Waals surface area contributed by atoms with Gasteiger partial charge in [-0.15, -0.1) is 11.3 Å². The van der Waals surface area contributed by atoms with Gasteiger partial charge >= 0.3 is 0 Å². The third-order valence-electron chi connectivity index (χ3n) is 2.84. The van der Waals surface area contributed by atoms with Crippen molar-refractivity contribution in [2.24, 2.45) is 0 Å². The van der Waals surface area contributed by atoms with E-state index in [1.807, 2.05) is 11.3 Å². The molecule has 2 heterocycles. The lowest BCUT2D eigenvalue weighted by Gasteiger charge is -2.14. The first-order chi connectivity index (χ1) is 6.78. The number of hydrogen-bond acceptors (Lipinski definition) is 3. The lowest BCUT2D eigenvalue weighted by molar-refractivity contribution is 0.325. The maximum Gasteiger partial charge on any atom is 0.0328 e. The molecule has 1 N–H and O–H groups in total.